The lowest BCUT2D eigenvalue weighted by molar-refractivity contribution is 0.652. The summed E-state index contributed by atoms with van der Waals surface area (Å²) >= 11 is 0. The van der Waals surface area contributed by atoms with Crippen LogP contribution in [0.5, 0.6) is 0 Å². The molecule has 0 atom stereocenters. The molecule has 0 N–H and O–H groups in total. The first-order valence-electron chi connectivity index (χ1n) is 5.65. The van der Waals surface area contributed by atoms with Gasteiger partial charge >= 0.3 is 0 Å². The van der Waals surface area contributed by atoms with Crippen LogP contribution in [0.4, 0.5) is 0 Å². The summed E-state index contributed by atoms with van der Waals surface area (Å²) in [6.45, 7) is 0. The van der Waals surface area contributed by atoms with Gasteiger partial charge in [-0.25, -0.2) is 0 Å². The Kier molecular flexibility index (Phi) is 6.74. The van der Waals surface area contributed by atoms with Crippen LogP contribution in [-0.4, -0.2) is 0 Å². The largest absolute Gasteiger partial charge is 0.0845 e. The molecule has 1 aliphatic carbocycles. The molecule has 0 saturated carbocycles. The first-order valence-corrected chi connectivity index (χ1v) is 5.65. The Morgan fingerprint density at radius 3 is 1.36 bits per heavy atom. The molecule has 0 aromatic carbocycles. The maximum Gasteiger partial charge on any atom is -0.0348 e. The Hall–Kier alpha value is -1.04. The van der Waals surface area contributed by atoms with Crippen molar-refractivity contribution in [1.29, 1.82) is 0 Å². The van der Waals surface area contributed by atoms with Crippen LogP contribution in [0.1, 0.15) is 38.5 Å². The minimum atomic E-state index is 1.23. The fourth-order valence-electron chi connectivity index (χ4n) is 1.48. The van der Waals surface area contributed by atoms with Crippen molar-refractivity contribution in [2.45, 2.75) is 38.5 Å². The molecular formula is C14H20. The molecular weight excluding hydrogens is 168 g/mol. The Morgan fingerprint density at radius 2 is 0.857 bits per heavy atom. The Bertz CT molecular complexity index is 202. The summed E-state index contributed by atoms with van der Waals surface area (Å²) in [5.41, 5.74) is 0. The Balaban J connectivity index is 2.36. The SMILES string of the molecule is C1=C\C=C\CCCCCC/C=C/C=C/1. The van der Waals surface area contributed by atoms with E-state index in [2.05, 4.69) is 48.6 Å². The molecule has 0 nitrogen and oxygen atoms in total. The highest BCUT2D eigenvalue weighted by atomic mass is 13.9. The van der Waals surface area contributed by atoms with Crippen molar-refractivity contribution in [2.75, 3.05) is 0 Å². The van der Waals surface area contributed by atoms with Crippen molar-refractivity contribution in [2.24, 2.45) is 0 Å². The van der Waals surface area contributed by atoms with Gasteiger partial charge in [0.2, 0.25) is 0 Å². The summed E-state index contributed by atoms with van der Waals surface area (Å²) in [6, 6.07) is 0. The molecule has 0 amide bonds. The fraction of sp³-hybridized carbons (Fsp3) is 0.429. The molecule has 0 spiro atoms. The van der Waals surface area contributed by atoms with Crippen LogP contribution in [0.3, 0.4) is 0 Å². The minimum Gasteiger partial charge on any atom is -0.0845 e. The highest BCUT2D eigenvalue weighted by Crippen LogP contribution is 2.06. The zero-order valence-electron chi connectivity index (χ0n) is 8.86. The van der Waals surface area contributed by atoms with E-state index in [9.17, 15) is 0 Å². The molecule has 0 bridgehead atoms. The van der Waals surface area contributed by atoms with E-state index in [1.165, 1.54) is 38.5 Å². The Labute approximate surface area is 87.7 Å². The van der Waals surface area contributed by atoms with E-state index < -0.39 is 0 Å². The lowest BCUT2D eigenvalue weighted by Gasteiger charge is -1.96. The molecule has 0 aromatic rings. The molecule has 0 unspecified atom stereocenters. The lowest BCUT2D eigenvalue weighted by atomic mass is 10.1. The van der Waals surface area contributed by atoms with Crippen molar-refractivity contribution in [3.05, 3.63) is 48.6 Å². The van der Waals surface area contributed by atoms with E-state index in [1.807, 2.05) is 0 Å². The van der Waals surface area contributed by atoms with E-state index in [0.717, 1.165) is 0 Å². The second-order valence-corrected chi connectivity index (χ2v) is 3.62. The molecule has 0 aliphatic heterocycles. The molecule has 14 heavy (non-hydrogen) atoms. The minimum absolute atomic E-state index is 1.23. The molecule has 0 radical (unpaired) electrons. The predicted molar refractivity (Wildman–Crippen MR) is 64.3 cm³/mol. The van der Waals surface area contributed by atoms with E-state index >= 15 is 0 Å². The lowest BCUT2D eigenvalue weighted by Crippen LogP contribution is -1.76. The average Bonchev–Trinajstić information content (AvgIpc) is 2.22. The molecule has 0 aromatic heterocycles. The number of hydrogen-bond donors (Lipinski definition) is 0. The molecule has 1 aliphatic rings. The van der Waals surface area contributed by atoms with Gasteiger partial charge in [0, 0.05) is 0 Å². The summed E-state index contributed by atoms with van der Waals surface area (Å²) in [5.74, 6) is 0. The highest BCUT2D eigenvalue weighted by molar-refractivity contribution is 5.15. The smallest absolute Gasteiger partial charge is 0.0348 e. The standard InChI is InChI=1S/C14H20/c1-2-4-6-8-10-12-14-13-11-9-7-5-3-1/h1-8H,9-14H2/b3-1-,4-2+,7-5+,8-6+. The normalized spacial score (nSPS) is 28.6. The van der Waals surface area contributed by atoms with Gasteiger partial charge in [-0.3, -0.25) is 0 Å². The number of allylic oxidation sites excluding steroid dienone is 8. The third-order valence-corrected chi connectivity index (χ3v) is 2.32. The van der Waals surface area contributed by atoms with Gasteiger partial charge in [0.15, 0.2) is 0 Å². The van der Waals surface area contributed by atoms with Crippen molar-refractivity contribution < 1.29 is 0 Å². The predicted octanol–water partition coefficient (Wildman–Crippen LogP) is 4.57. The third-order valence-electron chi connectivity index (χ3n) is 2.32. The maximum absolute atomic E-state index is 2.26. The second-order valence-electron chi connectivity index (χ2n) is 3.62. The number of rotatable bonds is 0. The van der Waals surface area contributed by atoms with Gasteiger partial charge in [-0.1, -0.05) is 61.4 Å². The van der Waals surface area contributed by atoms with Crippen molar-refractivity contribution in [3.63, 3.8) is 0 Å². The maximum atomic E-state index is 2.26. The summed E-state index contributed by atoms with van der Waals surface area (Å²) in [4.78, 5) is 0. The van der Waals surface area contributed by atoms with Crippen LogP contribution in [0, 0.1) is 0 Å². The summed E-state index contributed by atoms with van der Waals surface area (Å²) < 4.78 is 0. The molecule has 0 heteroatoms. The third kappa shape index (κ3) is 6.47. The fourth-order valence-corrected chi connectivity index (χ4v) is 1.48. The quantitative estimate of drug-likeness (QED) is 0.522. The highest BCUT2D eigenvalue weighted by Gasteiger charge is 1.87. The topological polar surface area (TPSA) is 0 Å². The molecule has 1 rings (SSSR count). The number of hydrogen-bond acceptors (Lipinski definition) is 0. The van der Waals surface area contributed by atoms with E-state index in [1.54, 1.807) is 0 Å². The van der Waals surface area contributed by atoms with Gasteiger partial charge in [0.05, 0.1) is 0 Å². The van der Waals surface area contributed by atoms with Gasteiger partial charge in [0.25, 0.3) is 0 Å². The van der Waals surface area contributed by atoms with Crippen LogP contribution in [0.25, 0.3) is 0 Å². The van der Waals surface area contributed by atoms with Crippen LogP contribution in [0.15, 0.2) is 48.6 Å². The Morgan fingerprint density at radius 1 is 0.429 bits per heavy atom. The molecule has 0 heterocycles. The van der Waals surface area contributed by atoms with Gasteiger partial charge in [-0.15, -0.1) is 0 Å². The van der Waals surface area contributed by atoms with Crippen molar-refractivity contribution >= 4 is 0 Å². The summed E-state index contributed by atoms with van der Waals surface area (Å²) in [7, 11) is 0. The monoisotopic (exact) mass is 188 g/mol. The summed E-state index contributed by atoms with van der Waals surface area (Å²) in [5, 5.41) is 0. The van der Waals surface area contributed by atoms with Gasteiger partial charge < -0.3 is 0 Å². The van der Waals surface area contributed by atoms with Crippen LogP contribution >= 0.6 is 0 Å². The summed E-state index contributed by atoms with van der Waals surface area (Å²) in [6.07, 6.45) is 25.0. The first kappa shape index (κ1) is 11.0. The average molecular weight is 188 g/mol. The van der Waals surface area contributed by atoms with Crippen molar-refractivity contribution in [3.8, 4) is 0 Å². The van der Waals surface area contributed by atoms with E-state index in [-0.39, 0.29) is 0 Å². The van der Waals surface area contributed by atoms with Crippen molar-refractivity contribution in [1.82, 2.24) is 0 Å². The van der Waals surface area contributed by atoms with Crippen LogP contribution in [0.2, 0.25) is 0 Å². The van der Waals surface area contributed by atoms with Crippen LogP contribution < -0.4 is 0 Å². The van der Waals surface area contributed by atoms with E-state index in [0.29, 0.717) is 0 Å². The van der Waals surface area contributed by atoms with Gasteiger partial charge in [-0.05, 0) is 25.7 Å². The zero-order chi connectivity index (χ0) is 9.90. The molecule has 0 fully saturated rings. The molecule has 0 saturated heterocycles. The molecule has 76 valence electrons. The van der Waals surface area contributed by atoms with E-state index in [4.69, 9.17) is 0 Å². The van der Waals surface area contributed by atoms with Gasteiger partial charge in [0.1, 0.15) is 0 Å². The first-order chi connectivity index (χ1) is 7.00. The van der Waals surface area contributed by atoms with Crippen LogP contribution in [-0.2, 0) is 0 Å². The van der Waals surface area contributed by atoms with Gasteiger partial charge in [-0.2, -0.15) is 0 Å². The second kappa shape index (κ2) is 8.55. The zero-order valence-corrected chi connectivity index (χ0v) is 8.86.